The summed E-state index contributed by atoms with van der Waals surface area (Å²) in [7, 11) is 0. The largest absolute Gasteiger partial charge is 0.380 e. The van der Waals surface area contributed by atoms with E-state index < -0.39 is 0 Å². The molecule has 1 aliphatic heterocycles. The van der Waals surface area contributed by atoms with Gasteiger partial charge in [0.15, 0.2) is 0 Å². The van der Waals surface area contributed by atoms with Gasteiger partial charge in [0.25, 0.3) is 0 Å². The molecule has 0 aromatic heterocycles. The van der Waals surface area contributed by atoms with Gasteiger partial charge in [0.05, 0.1) is 6.61 Å². The van der Waals surface area contributed by atoms with E-state index in [1.165, 1.54) is 5.56 Å². The molecule has 1 aromatic carbocycles. The Balaban J connectivity index is 0.00000127. The fourth-order valence-corrected chi connectivity index (χ4v) is 2.89. The van der Waals surface area contributed by atoms with Crippen LogP contribution in [0.3, 0.4) is 0 Å². The minimum atomic E-state index is 0.430. The van der Waals surface area contributed by atoms with Gasteiger partial charge in [0, 0.05) is 49.4 Å². The maximum atomic E-state index is 6.09. The first-order valence-corrected chi connectivity index (χ1v) is 8.88. The molecule has 1 fully saturated rings. The van der Waals surface area contributed by atoms with E-state index in [1.807, 2.05) is 39.0 Å². The second-order valence-corrected chi connectivity index (χ2v) is 5.79. The van der Waals surface area contributed by atoms with Gasteiger partial charge in [0.2, 0.25) is 0 Å². The van der Waals surface area contributed by atoms with Crippen molar-refractivity contribution in [2.75, 3.05) is 39.4 Å². The normalized spacial score (nSPS) is 18.0. The number of nitrogens with zero attached hydrogens (tertiary/aromatic N) is 1. The van der Waals surface area contributed by atoms with E-state index in [2.05, 4.69) is 16.1 Å². The van der Waals surface area contributed by atoms with Crippen molar-refractivity contribution in [3.63, 3.8) is 0 Å². The summed E-state index contributed by atoms with van der Waals surface area (Å²) in [5, 5.41) is 4.21. The lowest BCUT2D eigenvalue weighted by molar-refractivity contribution is 0.0895. The van der Waals surface area contributed by atoms with Crippen LogP contribution in [0.1, 0.15) is 31.9 Å². The van der Waals surface area contributed by atoms with Gasteiger partial charge in [-0.1, -0.05) is 31.4 Å². The average Bonchev–Trinajstić information content (AvgIpc) is 2.60. The molecule has 23 heavy (non-hydrogen) atoms. The van der Waals surface area contributed by atoms with Gasteiger partial charge < -0.3 is 15.0 Å². The molecule has 1 heterocycles. The minimum absolute atomic E-state index is 0.430. The molecule has 1 atom stereocenters. The SMILES string of the molecule is C#Cc1cc(Cl)cc(CCN2CCNC(COCC)C2)c1.CC. The van der Waals surface area contributed by atoms with E-state index in [4.69, 9.17) is 22.8 Å². The van der Waals surface area contributed by atoms with E-state index in [0.717, 1.165) is 56.4 Å². The second-order valence-electron chi connectivity index (χ2n) is 5.35. The maximum absolute atomic E-state index is 6.09. The molecule has 0 aliphatic carbocycles. The van der Waals surface area contributed by atoms with Crippen LogP contribution in [0.4, 0.5) is 0 Å². The fraction of sp³-hybridized carbons (Fsp3) is 0.579. The van der Waals surface area contributed by atoms with Crippen molar-refractivity contribution in [1.82, 2.24) is 10.2 Å². The molecule has 1 aromatic rings. The highest BCUT2D eigenvalue weighted by atomic mass is 35.5. The maximum Gasteiger partial charge on any atom is 0.0632 e. The molecule has 3 nitrogen and oxygen atoms in total. The highest BCUT2D eigenvalue weighted by Crippen LogP contribution is 2.15. The molecule has 1 aliphatic rings. The van der Waals surface area contributed by atoms with E-state index in [0.29, 0.717) is 6.04 Å². The number of terminal acetylenes is 1. The van der Waals surface area contributed by atoms with Crippen LogP contribution in [0, 0.1) is 12.3 Å². The van der Waals surface area contributed by atoms with Crippen LogP contribution in [-0.4, -0.2) is 50.3 Å². The van der Waals surface area contributed by atoms with Gasteiger partial charge in [-0.25, -0.2) is 0 Å². The number of halogens is 1. The van der Waals surface area contributed by atoms with Gasteiger partial charge in [0.1, 0.15) is 0 Å². The Hall–Kier alpha value is -1.05. The third-order valence-electron chi connectivity index (χ3n) is 3.70. The topological polar surface area (TPSA) is 24.5 Å². The first-order chi connectivity index (χ1) is 11.2. The summed E-state index contributed by atoms with van der Waals surface area (Å²) in [5.41, 5.74) is 2.06. The van der Waals surface area contributed by atoms with Crippen molar-refractivity contribution in [2.45, 2.75) is 33.2 Å². The Morgan fingerprint density at radius 2 is 2.17 bits per heavy atom. The molecule has 0 amide bonds. The Morgan fingerprint density at radius 1 is 1.39 bits per heavy atom. The Morgan fingerprint density at radius 3 is 2.87 bits per heavy atom. The summed E-state index contributed by atoms with van der Waals surface area (Å²) in [6.45, 7) is 11.7. The lowest BCUT2D eigenvalue weighted by atomic mass is 10.1. The predicted molar refractivity (Wildman–Crippen MR) is 99.2 cm³/mol. The van der Waals surface area contributed by atoms with Crippen molar-refractivity contribution in [3.8, 4) is 12.3 Å². The first kappa shape index (κ1) is 20.0. The minimum Gasteiger partial charge on any atom is -0.380 e. The molecule has 0 saturated carbocycles. The van der Waals surface area contributed by atoms with Crippen LogP contribution in [0.25, 0.3) is 0 Å². The Bertz CT molecular complexity index is 499. The number of ether oxygens (including phenoxy) is 1. The van der Waals surface area contributed by atoms with Crippen molar-refractivity contribution in [1.29, 1.82) is 0 Å². The lowest BCUT2D eigenvalue weighted by Crippen LogP contribution is -2.52. The number of rotatable bonds is 6. The fourth-order valence-electron chi connectivity index (χ4n) is 2.63. The van der Waals surface area contributed by atoms with Crippen LogP contribution in [-0.2, 0) is 11.2 Å². The van der Waals surface area contributed by atoms with Crippen molar-refractivity contribution < 1.29 is 4.74 Å². The van der Waals surface area contributed by atoms with Crippen molar-refractivity contribution in [3.05, 3.63) is 34.3 Å². The van der Waals surface area contributed by atoms with Crippen LogP contribution in [0.2, 0.25) is 5.02 Å². The quantitative estimate of drug-likeness (QED) is 0.807. The zero-order chi connectivity index (χ0) is 17.1. The van der Waals surface area contributed by atoms with Crippen LogP contribution in [0.5, 0.6) is 0 Å². The van der Waals surface area contributed by atoms with Gasteiger partial charge in [-0.05, 0) is 37.1 Å². The first-order valence-electron chi connectivity index (χ1n) is 8.51. The summed E-state index contributed by atoms with van der Waals surface area (Å²) in [5.74, 6) is 2.65. The van der Waals surface area contributed by atoms with Crippen molar-refractivity contribution >= 4 is 11.6 Å². The summed E-state index contributed by atoms with van der Waals surface area (Å²) in [6.07, 6.45) is 6.42. The monoisotopic (exact) mass is 336 g/mol. The third kappa shape index (κ3) is 7.37. The number of hydrogen-bond acceptors (Lipinski definition) is 3. The summed E-state index contributed by atoms with van der Waals surface area (Å²) in [6, 6.07) is 6.31. The third-order valence-corrected chi connectivity index (χ3v) is 3.92. The average molecular weight is 337 g/mol. The van der Waals surface area contributed by atoms with Gasteiger partial charge in [-0.2, -0.15) is 0 Å². The van der Waals surface area contributed by atoms with E-state index >= 15 is 0 Å². The molecule has 4 heteroatoms. The van der Waals surface area contributed by atoms with Gasteiger partial charge in [-0.15, -0.1) is 6.42 Å². The molecular weight excluding hydrogens is 308 g/mol. The Labute approximate surface area is 146 Å². The standard InChI is InChI=1S/C17H23ClN2O.C2H6/c1-3-14-9-15(11-16(18)10-14)5-7-20-8-6-19-17(12-20)13-21-4-2;1-2/h1,9-11,17,19H,4-8,12-13H2,2H3;1-2H3. The lowest BCUT2D eigenvalue weighted by Gasteiger charge is -2.33. The molecule has 1 N–H and O–H groups in total. The van der Waals surface area contributed by atoms with Crippen LogP contribution >= 0.6 is 11.6 Å². The van der Waals surface area contributed by atoms with Gasteiger partial charge in [-0.3, -0.25) is 0 Å². The van der Waals surface area contributed by atoms with E-state index in [9.17, 15) is 0 Å². The van der Waals surface area contributed by atoms with E-state index in [1.54, 1.807) is 0 Å². The molecule has 1 saturated heterocycles. The number of benzene rings is 1. The molecule has 1 unspecified atom stereocenters. The molecular formula is C19H29ClN2O. The second kappa shape index (κ2) is 11.5. The zero-order valence-electron chi connectivity index (χ0n) is 14.6. The van der Waals surface area contributed by atoms with Crippen LogP contribution in [0.15, 0.2) is 18.2 Å². The predicted octanol–water partition coefficient (Wildman–Crippen LogP) is 3.20. The highest BCUT2D eigenvalue weighted by Gasteiger charge is 2.18. The zero-order valence-corrected chi connectivity index (χ0v) is 15.3. The summed E-state index contributed by atoms with van der Waals surface area (Å²) in [4.78, 5) is 2.47. The molecule has 0 bridgehead atoms. The Kier molecular flexibility index (Phi) is 9.98. The van der Waals surface area contributed by atoms with E-state index in [-0.39, 0.29) is 0 Å². The summed E-state index contributed by atoms with van der Waals surface area (Å²) < 4.78 is 5.50. The molecule has 0 spiro atoms. The van der Waals surface area contributed by atoms with Crippen molar-refractivity contribution in [2.24, 2.45) is 0 Å². The molecule has 0 radical (unpaired) electrons. The highest BCUT2D eigenvalue weighted by molar-refractivity contribution is 6.30. The van der Waals surface area contributed by atoms with Gasteiger partial charge >= 0.3 is 0 Å². The van der Waals surface area contributed by atoms with Crippen LogP contribution < -0.4 is 5.32 Å². The smallest absolute Gasteiger partial charge is 0.0632 e. The molecule has 2 rings (SSSR count). The molecule has 128 valence electrons. The number of nitrogens with one attached hydrogen (secondary N) is 1. The number of piperazine rings is 1. The summed E-state index contributed by atoms with van der Waals surface area (Å²) >= 11 is 6.09. The number of hydrogen-bond donors (Lipinski definition) is 1.